The predicted octanol–water partition coefficient (Wildman–Crippen LogP) is 3.40. The Morgan fingerprint density at radius 3 is 2.79 bits per heavy atom. The van der Waals surface area contributed by atoms with Gasteiger partial charge in [-0.3, -0.25) is 14.8 Å². The van der Waals surface area contributed by atoms with Crippen molar-refractivity contribution in [3.8, 4) is 5.75 Å². The summed E-state index contributed by atoms with van der Waals surface area (Å²) in [5.74, 6) is 0.352. The van der Waals surface area contributed by atoms with Crippen LogP contribution in [0, 0.1) is 11.2 Å². The molecule has 0 radical (unpaired) electrons. The lowest BCUT2D eigenvalue weighted by molar-refractivity contribution is -0.0977. The van der Waals surface area contributed by atoms with Crippen molar-refractivity contribution in [2.75, 3.05) is 44.2 Å². The van der Waals surface area contributed by atoms with Gasteiger partial charge < -0.3 is 9.64 Å². The normalized spacial score (nSPS) is 20.3. The van der Waals surface area contributed by atoms with Crippen LogP contribution in [0.5, 0.6) is 5.75 Å². The summed E-state index contributed by atoms with van der Waals surface area (Å²) < 4.78 is 18.7. The molecule has 6 nitrogen and oxygen atoms in total. The zero-order chi connectivity index (χ0) is 20.0. The van der Waals surface area contributed by atoms with Crippen LogP contribution in [0.4, 0.5) is 14.9 Å². The standard InChI is InChI=1S/C21H22ClFN4O2/c22-15-2-5-18-19(8-15)29-7-1-6-27(18)20(28)26-13-21(14-26)11-25(12-21)10-17-4-3-16(23)9-24-17/h2-5,8-9H,1,6-7,10-14H2. The van der Waals surface area contributed by atoms with Crippen LogP contribution in [0.1, 0.15) is 12.1 Å². The van der Waals surface area contributed by atoms with E-state index in [1.807, 2.05) is 15.9 Å². The summed E-state index contributed by atoms with van der Waals surface area (Å²) in [7, 11) is 0. The molecule has 1 aromatic carbocycles. The Bertz CT molecular complexity index is 925. The molecule has 0 atom stereocenters. The minimum absolute atomic E-state index is 0.0309. The summed E-state index contributed by atoms with van der Waals surface area (Å²) in [5, 5.41) is 0.603. The van der Waals surface area contributed by atoms with Gasteiger partial charge in [0, 0.05) is 55.8 Å². The fraction of sp³-hybridized carbons (Fsp3) is 0.429. The summed E-state index contributed by atoms with van der Waals surface area (Å²) in [6.07, 6.45) is 2.04. The van der Waals surface area contributed by atoms with Gasteiger partial charge in [-0.05, 0) is 30.7 Å². The summed E-state index contributed by atoms with van der Waals surface area (Å²) in [6.45, 7) is 5.33. The number of fused-ring (bicyclic) bond motifs is 1. The van der Waals surface area contributed by atoms with Crippen LogP contribution in [-0.2, 0) is 6.54 Å². The molecule has 0 N–H and O–H groups in total. The van der Waals surface area contributed by atoms with Crippen LogP contribution < -0.4 is 9.64 Å². The number of hydrogen-bond acceptors (Lipinski definition) is 4. The zero-order valence-corrected chi connectivity index (χ0v) is 16.7. The zero-order valence-electron chi connectivity index (χ0n) is 16.0. The third kappa shape index (κ3) is 3.53. The third-order valence-corrected chi connectivity index (χ3v) is 6.08. The van der Waals surface area contributed by atoms with Crippen molar-refractivity contribution in [1.82, 2.24) is 14.8 Å². The molecule has 2 fully saturated rings. The van der Waals surface area contributed by atoms with Crippen molar-refractivity contribution < 1.29 is 13.9 Å². The maximum absolute atomic E-state index is 13.1. The SMILES string of the molecule is O=C(N1CC2(CN(Cc3ccc(F)cn3)C2)C1)N1CCCOc2cc(Cl)ccc21. The molecule has 5 rings (SSSR count). The van der Waals surface area contributed by atoms with Gasteiger partial charge in [0.1, 0.15) is 11.6 Å². The van der Waals surface area contributed by atoms with Crippen molar-refractivity contribution in [3.63, 3.8) is 0 Å². The maximum Gasteiger partial charge on any atom is 0.324 e. The van der Waals surface area contributed by atoms with Crippen molar-refractivity contribution in [2.45, 2.75) is 13.0 Å². The highest BCUT2D eigenvalue weighted by atomic mass is 35.5. The number of anilines is 1. The fourth-order valence-electron chi connectivity index (χ4n) is 4.56. The van der Waals surface area contributed by atoms with Crippen molar-refractivity contribution in [3.05, 3.63) is 53.1 Å². The van der Waals surface area contributed by atoms with Gasteiger partial charge in [-0.1, -0.05) is 11.6 Å². The van der Waals surface area contributed by atoms with Crippen molar-refractivity contribution >= 4 is 23.3 Å². The lowest BCUT2D eigenvalue weighted by Crippen LogP contribution is -2.73. The van der Waals surface area contributed by atoms with Gasteiger partial charge in [0.2, 0.25) is 0 Å². The minimum Gasteiger partial charge on any atom is -0.491 e. The molecule has 29 heavy (non-hydrogen) atoms. The maximum atomic E-state index is 13.1. The Labute approximate surface area is 173 Å². The van der Waals surface area contributed by atoms with E-state index in [1.165, 1.54) is 12.3 Å². The number of halogens is 2. The summed E-state index contributed by atoms with van der Waals surface area (Å²) in [5.41, 5.74) is 1.84. The number of carbonyl (C=O) groups excluding carboxylic acids is 1. The smallest absolute Gasteiger partial charge is 0.324 e. The highest BCUT2D eigenvalue weighted by Crippen LogP contribution is 2.42. The number of nitrogens with zero attached hydrogens (tertiary/aromatic N) is 4. The lowest BCUT2D eigenvalue weighted by Gasteiger charge is -2.60. The van der Waals surface area contributed by atoms with E-state index in [-0.39, 0.29) is 17.3 Å². The van der Waals surface area contributed by atoms with E-state index in [4.69, 9.17) is 16.3 Å². The van der Waals surface area contributed by atoms with Crippen molar-refractivity contribution in [1.29, 1.82) is 0 Å². The molecule has 3 aliphatic heterocycles. The Hall–Kier alpha value is -2.38. The second kappa shape index (κ2) is 7.15. The molecule has 1 spiro atoms. The minimum atomic E-state index is -0.315. The van der Waals surface area contributed by atoms with Crippen LogP contribution in [0.25, 0.3) is 0 Å². The molecule has 3 aliphatic rings. The van der Waals surface area contributed by atoms with Gasteiger partial charge >= 0.3 is 6.03 Å². The van der Waals surface area contributed by atoms with E-state index in [2.05, 4.69) is 9.88 Å². The largest absolute Gasteiger partial charge is 0.491 e. The summed E-state index contributed by atoms with van der Waals surface area (Å²) >= 11 is 6.08. The molecule has 0 saturated carbocycles. The summed E-state index contributed by atoms with van der Waals surface area (Å²) in [6, 6.07) is 8.62. The van der Waals surface area contributed by atoms with Gasteiger partial charge in [-0.25, -0.2) is 9.18 Å². The first-order chi connectivity index (χ1) is 14.0. The molecule has 2 aromatic rings. The Kier molecular flexibility index (Phi) is 4.59. The van der Waals surface area contributed by atoms with Gasteiger partial charge in [0.05, 0.1) is 24.2 Å². The lowest BCUT2D eigenvalue weighted by atomic mass is 9.73. The number of hydrogen-bond donors (Lipinski definition) is 0. The van der Waals surface area contributed by atoms with Gasteiger partial charge in [0.25, 0.3) is 0 Å². The molecule has 2 amide bonds. The van der Waals surface area contributed by atoms with E-state index < -0.39 is 0 Å². The predicted molar refractivity (Wildman–Crippen MR) is 108 cm³/mol. The van der Waals surface area contributed by atoms with Gasteiger partial charge in [-0.2, -0.15) is 0 Å². The first-order valence-electron chi connectivity index (χ1n) is 9.83. The van der Waals surface area contributed by atoms with E-state index in [0.717, 1.165) is 44.0 Å². The van der Waals surface area contributed by atoms with Gasteiger partial charge in [0.15, 0.2) is 0 Å². The van der Waals surface area contributed by atoms with E-state index >= 15 is 0 Å². The quantitative estimate of drug-likeness (QED) is 0.752. The molecule has 0 aliphatic carbocycles. The van der Waals surface area contributed by atoms with Crippen LogP contribution >= 0.6 is 11.6 Å². The van der Waals surface area contributed by atoms with Gasteiger partial charge in [-0.15, -0.1) is 0 Å². The topological polar surface area (TPSA) is 48.9 Å². The Morgan fingerprint density at radius 1 is 1.21 bits per heavy atom. The number of benzene rings is 1. The number of pyridine rings is 1. The number of rotatable bonds is 2. The van der Waals surface area contributed by atoms with Crippen LogP contribution in [0.2, 0.25) is 5.02 Å². The summed E-state index contributed by atoms with van der Waals surface area (Å²) in [4.78, 5) is 23.3. The molecule has 2 saturated heterocycles. The molecule has 8 heteroatoms. The second-order valence-corrected chi connectivity index (χ2v) is 8.65. The molecule has 4 heterocycles. The van der Waals surface area contributed by atoms with E-state index in [1.54, 1.807) is 18.2 Å². The monoisotopic (exact) mass is 416 g/mol. The molecule has 0 unspecified atom stereocenters. The number of amides is 2. The molecule has 152 valence electrons. The fourth-order valence-corrected chi connectivity index (χ4v) is 4.73. The molecular formula is C21H22ClFN4O2. The van der Waals surface area contributed by atoms with E-state index in [0.29, 0.717) is 30.5 Å². The Balaban J connectivity index is 1.19. The first kappa shape index (κ1) is 18.6. The highest BCUT2D eigenvalue weighted by molar-refractivity contribution is 6.30. The third-order valence-electron chi connectivity index (χ3n) is 5.84. The molecule has 0 bridgehead atoms. The van der Waals surface area contributed by atoms with E-state index in [9.17, 15) is 9.18 Å². The Morgan fingerprint density at radius 2 is 2.03 bits per heavy atom. The first-order valence-corrected chi connectivity index (χ1v) is 10.2. The molecular weight excluding hydrogens is 395 g/mol. The average Bonchev–Trinajstić information content (AvgIpc) is 2.85. The number of likely N-dealkylation sites (tertiary alicyclic amines) is 2. The number of ether oxygens (including phenoxy) is 1. The number of carbonyl (C=O) groups is 1. The van der Waals surface area contributed by atoms with Crippen LogP contribution in [-0.4, -0.2) is 60.1 Å². The van der Waals surface area contributed by atoms with Crippen LogP contribution in [0.3, 0.4) is 0 Å². The number of aromatic nitrogens is 1. The highest BCUT2D eigenvalue weighted by Gasteiger charge is 2.53. The number of urea groups is 1. The molecule has 1 aromatic heterocycles. The second-order valence-electron chi connectivity index (χ2n) is 8.22. The average molecular weight is 417 g/mol. The van der Waals surface area contributed by atoms with Crippen molar-refractivity contribution in [2.24, 2.45) is 5.41 Å². The van der Waals surface area contributed by atoms with Crippen LogP contribution in [0.15, 0.2) is 36.5 Å².